The van der Waals surface area contributed by atoms with Crippen LogP contribution in [0.3, 0.4) is 0 Å². The zero-order chi connectivity index (χ0) is 16.1. The second kappa shape index (κ2) is 5.83. The standard InChI is InChI=1S/C20H38BN/c1-14-13-22(5)10-9-20(21,16(14)3)19(4)8-6-7-17-11-18(12-19)15(17)2/h14-18H,6-13,21H2,1-5H3. The molecule has 0 N–H and O–H groups in total. The third-order valence-corrected chi connectivity index (χ3v) is 8.96. The summed E-state index contributed by atoms with van der Waals surface area (Å²) in [5.74, 6) is 4.76. The van der Waals surface area contributed by atoms with Gasteiger partial charge in [0.2, 0.25) is 0 Å². The van der Waals surface area contributed by atoms with Crippen LogP contribution in [-0.4, -0.2) is 32.9 Å². The first-order valence-corrected chi connectivity index (χ1v) is 9.95. The van der Waals surface area contributed by atoms with Crippen LogP contribution in [0.15, 0.2) is 0 Å². The van der Waals surface area contributed by atoms with Gasteiger partial charge >= 0.3 is 0 Å². The van der Waals surface area contributed by atoms with Crippen LogP contribution >= 0.6 is 0 Å². The van der Waals surface area contributed by atoms with Gasteiger partial charge in [0.15, 0.2) is 0 Å². The highest BCUT2D eigenvalue weighted by molar-refractivity contribution is 6.16. The van der Waals surface area contributed by atoms with Crippen LogP contribution in [0.25, 0.3) is 0 Å². The lowest BCUT2D eigenvalue weighted by Gasteiger charge is -2.58. The largest absolute Gasteiger partial charge is 0.306 e. The lowest BCUT2D eigenvalue weighted by atomic mass is 9.40. The van der Waals surface area contributed by atoms with Crippen molar-refractivity contribution in [2.75, 3.05) is 20.1 Å². The van der Waals surface area contributed by atoms with Gasteiger partial charge in [-0.3, -0.25) is 0 Å². The van der Waals surface area contributed by atoms with E-state index >= 15 is 0 Å². The second-order valence-electron chi connectivity index (χ2n) is 9.97. The number of likely N-dealkylation sites (tertiary alicyclic amines) is 1. The van der Waals surface area contributed by atoms with Gasteiger partial charge in [0.05, 0.1) is 0 Å². The highest BCUT2D eigenvalue weighted by atomic mass is 15.1. The summed E-state index contributed by atoms with van der Waals surface area (Å²) in [4.78, 5) is 2.58. The van der Waals surface area contributed by atoms with E-state index in [4.69, 9.17) is 0 Å². The molecule has 7 unspecified atom stereocenters. The monoisotopic (exact) mass is 303 g/mol. The lowest BCUT2D eigenvalue weighted by molar-refractivity contribution is -0.0238. The van der Waals surface area contributed by atoms with Crippen molar-refractivity contribution in [2.24, 2.45) is 35.0 Å². The Morgan fingerprint density at radius 1 is 1.09 bits per heavy atom. The minimum Gasteiger partial charge on any atom is -0.306 e. The topological polar surface area (TPSA) is 3.24 Å². The van der Waals surface area contributed by atoms with Crippen molar-refractivity contribution in [1.29, 1.82) is 0 Å². The maximum atomic E-state index is 2.67. The maximum absolute atomic E-state index is 2.67. The Hall–Kier alpha value is 0.0249. The van der Waals surface area contributed by atoms with E-state index in [2.05, 4.69) is 47.5 Å². The number of fused-ring (bicyclic) bond motifs is 4. The predicted octanol–water partition coefficient (Wildman–Crippen LogP) is 4.24. The Morgan fingerprint density at radius 2 is 1.82 bits per heavy atom. The number of rotatable bonds is 1. The first-order chi connectivity index (χ1) is 10.3. The molecule has 22 heavy (non-hydrogen) atoms. The molecule has 0 aromatic carbocycles. The van der Waals surface area contributed by atoms with Crippen molar-refractivity contribution in [3.63, 3.8) is 0 Å². The molecule has 0 radical (unpaired) electrons. The summed E-state index contributed by atoms with van der Waals surface area (Å²) in [5, 5.41) is 0.513. The van der Waals surface area contributed by atoms with Gasteiger partial charge in [0.1, 0.15) is 7.85 Å². The SMILES string of the molecule is BC1(C2(C)CCCC3CC(C2)C3C)CCN(C)CC(C)C1C. The third kappa shape index (κ3) is 2.58. The number of hydrogen-bond donors (Lipinski definition) is 0. The molecule has 7 atom stereocenters. The highest BCUT2D eigenvalue weighted by Crippen LogP contribution is 2.64. The quantitative estimate of drug-likeness (QED) is 0.655. The molecule has 4 rings (SSSR count). The van der Waals surface area contributed by atoms with E-state index in [9.17, 15) is 0 Å². The fraction of sp³-hybridized carbons (Fsp3) is 1.00. The van der Waals surface area contributed by atoms with Crippen LogP contribution in [-0.2, 0) is 0 Å². The van der Waals surface area contributed by atoms with Crippen LogP contribution < -0.4 is 0 Å². The van der Waals surface area contributed by atoms with E-state index in [1.165, 1.54) is 51.6 Å². The summed E-state index contributed by atoms with van der Waals surface area (Å²) in [5.41, 5.74) is 0.552. The fourth-order valence-corrected chi connectivity index (χ4v) is 6.48. The van der Waals surface area contributed by atoms with Gasteiger partial charge in [0, 0.05) is 6.54 Å². The van der Waals surface area contributed by atoms with Crippen LogP contribution in [0.2, 0.25) is 5.31 Å². The van der Waals surface area contributed by atoms with Crippen molar-refractivity contribution >= 4 is 7.85 Å². The summed E-state index contributed by atoms with van der Waals surface area (Å²) >= 11 is 0. The van der Waals surface area contributed by atoms with Gasteiger partial charge in [-0.25, -0.2) is 0 Å². The molecule has 4 fully saturated rings. The molecule has 126 valence electrons. The van der Waals surface area contributed by atoms with E-state index in [0.717, 1.165) is 29.6 Å². The summed E-state index contributed by atoms with van der Waals surface area (Å²) in [6.07, 6.45) is 8.90. The van der Waals surface area contributed by atoms with E-state index in [0.29, 0.717) is 10.7 Å². The van der Waals surface area contributed by atoms with Crippen LogP contribution in [0.4, 0.5) is 0 Å². The van der Waals surface area contributed by atoms with Gasteiger partial charge < -0.3 is 4.90 Å². The summed E-state index contributed by atoms with van der Waals surface area (Å²) < 4.78 is 0. The second-order valence-corrected chi connectivity index (χ2v) is 9.97. The Labute approximate surface area is 140 Å². The summed E-state index contributed by atoms with van der Waals surface area (Å²) in [6.45, 7) is 12.9. The molecule has 1 nitrogen and oxygen atoms in total. The molecule has 0 aromatic heterocycles. The zero-order valence-corrected chi connectivity index (χ0v) is 16.0. The average Bonchev–Trinajstić information content (AvgIpc) is 2.55. The Kier molecular flexibility index (Phi) is 4.47. The number of nitrogens with zero attached hydrogens (tertiary/aromatic N) is 1. The van der Waals surface area contributed by atoms with Gasteiger partial charge in [0.25, 0.3) is 0 Å². The maximum Gasteiger partial charge on any atom is 0.110 e. The van der Waals surface area contributed by atoms with Crippen LogP contribution in [0.5, 0.6) is 0 Å². The molecule has 2 heteroatoms. The minimum absolute atomic E-state index is 0.513. The molecule has 3 aliphatic carbocycles. The molecule has 1 heterocycles. The van der Waals surface area contributed by atoms with Crippen molar-refractivity contribution < 1.29 is 0 Å². The Balaban J connectivity index is 1.87. The third-order valence-electron chi connectivity index (χ3n) is 8.96. The van der Waals surface area contributed by atoms with E-state index in [-0.39, 0.29) is 0 Å². The van der Waals surface area contributed by atoms with Crippen LogP contribution in [0, 0.1) is 35.0 Å². The minimum atomic E-state index is 0.513. The zero-order valence-electron chi connectivity index (χ0n) is 16.0. The molecule has 1 aliphatic heterocycles. The van der Waals surface area contributed by atoms with Crippen molar-refractivity contribution in [3.8, 4) is 0 Å². The molecule has 0 aromatic rings. The van der Waals surface area contributed by atoms with Crippen molar-refractivity contribution in [3.05, 3.63) is 0 Å². The predicted molar refractivity (Wildman–Crippen MR) is 99.0 cm³/mol. The first-order valence-electron chi connectivity index (χ1n) is 9.95. The lowest BCUT2D eigenvalue weighted by Crippen LogP contribution is -2.47. The molecule has 0 amide bonds. The first kappa shape index (κ1) is 16.9. The van der Waals surface area contributed by atoms with Crippen LogP contribution in [0.1, 0.15) is 66.2 Å². The molecular weight excluding hydrogens is 265 g/mol. The van der Waals surface area contributed by atoms with E-state index < -0.39 is 0 Å². The number of hydrogen-bond acceptors (Lipinski definition) is 1. The van der Waals surface area contributed by atoms with E-state index in [1.807, 2.05) is 0 Å². The van der Waals surface area contributed by atoms with Gasteiger partial charge in [-0.1, -0.05) is 40.5 Å². The molecule has 2 bridgehead atoms. The molecule has 0 spiro atoms. The van der Waals surface area contributed by atoms with Gasteiger partial charge in [-0.05, 0) is 79.6 Å². The molecule has 3 saturated carbocycles. The van der Waals surface area contributed by atoms with Crippen molar-refractivity contribution in [2.45, 2.75) is 71.5 Å². The Bertz CT molecular complexity index is 409. The van der Waals surface area contributed by atoms with Gasteiger partial charge in [-0.2, -0.15) is 0 Å². The van der Waals surface area contributed by atoms with Crippen molar-refractivity contribution in [1.82, 2.24) is 4.90 Å². The molecule has 1 saturated heterocycles. The van der Waals surface area contributed by atoms with Gasteiger partial charge in [-0.15, -0.1) is 0 Å². The smallest absolute Gasteiger partial charge is 0.110 e. The normalized spacial score (nSPS) is 54.0. The highest BCUT2D eigenvalue weighted by Gasteiger charge is 2.53. The summed E-state index contributed by atoms with van der Waals surface area (Å²) in [7, 11) is 4.99. The molecular formula is C20H38BN. The summed E-state index contributed by atoms with van der Waals surface area (Å²) in [6, 6.07) is 0. The van der Waals surface area contributed by atoms with E-state index in [1.54, 1.807) is 0 Å². The Morgan fingerprint density at radius 3 is 2.50 bits per heavy atom. The average molecular weight is 303 g/mol. The molecule has 4 aliphatic rings. The fourth-order valence-electron chi connectivity index (χ4n) is 6.48.